The second-order valence-electron chi connectivity index (χ2n) is 0.204. The van der Waals surface area contributed by atoms with Crippen molar-refractivity contribution < 1.29 is 19.5 Å². The fraction of sp³-hybridized carbons (Fsp3) is 0. The van der Waals surface area contributed by atoms with Crippen LogP contribution in [0.25, 0.3) is 0 Å². The molecule has 0 aromatic carbocycles. The van der Waals surface area contributed by atoms with E-state index in [1.54, 1.807) is 0 Å². The van der Waals surface area contributed by atoms with Crippen molar-refractivity contribution in [2.75, 3.05) is 0 Å². The summed E-state index contributed by atoms with van der Waals surface area (Å²) >= 11 is 0. The molecular weight excluding hydrogens is 137 g/mol. The minimum atomic E-state index is 0. The molecule has 0 rings (SSSR count). The van der Waals surface area contributed by atoms with Gasteiger partial charge in [-0.2, -0.15) is 0 Å². The summed E-state index contributed by atoms with van der Waals surface area (Å²) in [6.45, 7) is 7.50. The Bertz CT molecular complexity index is 24.3. The molecule has 1 radical (unpaired) electrons. The zero-order valence-corrected chi connectivity index (χ0v) is 3.88. The zero-order chi connectivity index (χ0) is 2.71. The smallest absolute Gasteiger partial charge is 0.342 e. The number of hydrogen-bond donors (Lipinski definition) is 0. The van der Waals surface area contributed by atoms with Gasteiger partial charge < -0.3 is 5.73 Å². The van der Waals surface area contributed by atoms with Crippen molar-refractivity contribution >= 4 is 0 Å². The molecule has 0 saturated carbocycles. The Morgan fingerprint density at radius 3 is 1.75 bits per heavy atom. The average Bonchev–Trinajstić information content (AvgIpc) is 0.918. The van der Waals surface area contributed by atoms with Gasteiger partial charge in [0.15, 0.2) is 0 Å². The van der Waals surface area contributed by atoms with E-state index in [1.165, 1.54) is 0 Å². The van der Waals surface area contributed by atoms with Crippen LogP contribution >= 0.6 is 0 Å². The summed E-state index contributed by atoms with van der Waals surface area (Å²) in [5, 5.41) is 0. The molecule has 0 atom stereocenters. The van der Waals surface area contributed by atoms with Crippen LogP contribution in [-0.4, -0.2) is 0 Å². The van der Waals surface area contributed by atoms with E-state index in [-0.39, 0.29) is 19.5 Å². The summed E-state index contributed by atoms with van der Waals surface area (Å²) in [6, 6.07) is 0. The summed E-state index contributed by atoms with van der Waals surface area (Å²) < 4.78 is 0. The van der Waals surface area contributed by atoms with Gasteiger partial charge in [0.2, 0.25) is 0 Å². The molecular formula is C3H3Ru. The number of hydrogen-bond acceptors (Lipinski definition) is 0. The molecule has 4 heavy (non-hydrogen) atoms. The van der Waals surface area contributed by atoms with E-state index in [0.717, 1.165) is 0 Å². The normalized spacial score (nSPS) is 2.00. The van der Waals surface area contributed by atoms with E-state index >= 15 is 0 Å². The van der Waals surface area contributed by atoms with Crippen molar-refractivity contribution in [3.8, 4) is 0 Å². The predicted molar refractivity (Wildman–Crippen MR) is 13.4 cm³/mol. The first-order valence-corrected chi connectivity index (χ1v) is 0.642. The Labute approximate surface area is 39.0 Å². The van der Waals surface area contributed by atoms with Gasteiger partial charge in [-0.25, -0.2) is 13.2 Å². The van der Waals surface area contributed by atoms with Gasteiger partial charge >= 0.3 is 19.5 Å². The van der Waals surface area contributed by atoms with Crippen LogP contribution in [0.5, 0.6) is 0 Å². The van der Waals surface area contributed by atoms with Crippen LogP contribution in [0, 0.1) is 6.58 Å². The van der Waals surface area contributed by atoms with Crippen LogP contribution in [0.3, 0.4) is 0 Å². The maximum absolute atomic E-state index is 4.49. The van der Waals surface area contributed by atoms with E-state index in [0.29, 0.717) is 0 Å². The Balaban J connectivity index is 0. The zero-order valence-electron chi connectivity index (χ0n) is 2.14. The molecule has 0 aromatic rings. The summed E-state index contributed by atoms with van der Waals surface area (Å²) in [5.41, 5.74) is 2.00. The Morgan fingerprint density at radius 1 is 1.75 bits per heavy atom. The molecule has 23 valence electrons. The van der Waals surface area contributed by atoms with Crippen LogP contribution in [0.15, 0.2) is 12.3 Å². The molecule has 0 aliphatic heterocycles. The van der Waals surface area contributed by atoms with E-state index in [4.69, 9.17) is 0 Å². The molecule has 0 aliphatic carbocycles. The largest absolute Gasteiger partial charge is 1.00 e. The van der Waals surface area contributed by atoms with Crippen molar-refractivity contribution in [2.24, 2.45) is 0 Å². The van der Waals surface area contributed by atoms with E-state index in [2.05, 4.69) is 13.2 Å². The van der Waals surface area contributed by atoms with Gasteiger partial charge in [-0.15, -0.1) is 0 Å². The minimum absolute atomic E-state index is 0. The molecule has 0 fully saturated rings. The fourth-order valence-corrected chi connectivity index (χ4v) is 0. The maximum atomic E-state index is 4.49. The van der Waals surface area contributed by atoms with Gasteiger partial charge in [-0.3, -0.25) is 0 Å². The Hall–Kier alpha value is 0.143. The van der Waals surface area contributed by atoms with Crippen molar-refractivity contribution in [1.29, 1.82) is 0 Å². The third-order valence-electron chi connectivity index (χ3n) is 0. The summed E-state index contributed by atoms with van der Waals surface area (Å²) in [5.74, 6) is 0. The second kappa shape index (κ2) is 11.0. The van der Waals surface area contributed by atoms with Crippen molar-refractivity contribution in [1.82, 2.24) is 0 Å². The molecule has 0 aliphatic rings. The first kappa shape index (κ1) is 8.91. The van der Waals surface area contributed by atoms with Crippen LogP contribution in [0.4, 0.5) is 0 Å². The predicted octanol–water partition coefficient (Wildman–Crippen LogP) is 0.758. The molecule has 0 nitrogen and oxygen atoms in total. The van der Waals surface area contributed by atoms with Crippen LogP contribution in [0.2, 0.25) is 0 Å². The molecule has 0 unspecified atom stereocenters. The minimum Gasteiger partial charge on any atom is -0.342 e. The van der Waals surface area contributed by atoms with Crippen molar-refractivity contribution in [3.63, 3.8) is 0 Å². The first-order chi connectivity index (χ1) is 1.41. The molecule has 0 N–H and O–H groups in total. The Morgan fingerprint density at radius 2 is 1.75 bits per heavy atom. The molecule has 0 saturated heterocycles. The van der Waals surface area contributed by atoms with Gasteiger partial charge in [0, 0.05) is 0 Å². The SMILES string of the molecule is [CH-]=C=C.[Ru+]. The summed E-state index contributed by atoms with van der Waals surface area (Å²) in [7, 11) is 0. The fourth-order valence-electron chi connectivity index (χ4n) is 0. The Kier molecular flexibility index (Phi) is 24.6. The van der Waals surface area contributed by atoms with Gasteiger partial charge in [0.1, 0.15) is 0 Å². The van der Waals surface area contributed by atoms with Gasteiger partial charge in [0.05, 0.1) is 0 Å². The molecule has 0 bridgehead atoms. The molecule has 0 spiro atoms. The van der Waals surface area contributed by atoms with Crippen LogP contribution < -0.4 is 0 Å². The van der Waals surface area contributed by atoms with Gasteiger partial charge in [0.25, 0.3) is 0 Å². The van der Waals surface area contributed by atoms with Crippen molar-refractivity contribution in [3.05, 3.63) is 18.9 Å². The topological polar surface area (TPSA) is 0 Å². The van der Waals surface area contributed by atoms with Gasteiger partial charge in [-0.05, 0) is 0 Å². The first-order valence-electron chi connectivity index (χ1n) is 0.642. The quantitative estimate of drug-likeness (QED) is 0.265. The summed E-state index contributed by atoms with van der Waals surface area (Å²) in [6.07, 6.45) is 0. The van der Waals surface area contributed by atoms with Crippen LogP contribution in [-0.2, 0) is 19.5 Å². The summed E-state index contributed by atoms with van der Waals surface area (Å²) in [4.78, 5) is 0. The molecule has 0 amide bonds. The third kappa shape index (κ3) is 136. The maximum Gasteiger partial charge on any atom is 1.00 e. The van der Waals surface area contributed by atoms with E-state index < -0.39 is 0 Å². The molecule has 1 heteroatoms. The van der Waals surface area contributed by atoms with Gasteiger partial charge in [-0.1, -0.05) is 0 Å². The number of rotatable bonds is 0. The standard InChI is InChI=1S/C3H3.Ru/c1-3-2;/h1H,2H2;/q-1;+1. The van der Waals surface area contributed by atoms with E-state index in [9.17, 15) is 0 Å². The monoisotopic (exact) mass is 141 g/mol. The third-order valence-corrected chi connectivity index (χ3v) is 0. The second-order valence-corrected chi connectivity index (χ2v) is 0.204. The van der Waals surface area contributed by atoms with Crippen LogP contribution in [0.1, 0.15) is 0 Å². The van der Waals surface area contributed by atoms with Crippen molar-refractivity contribution in [2.45, 2.75) is 0 Å². The van der Waals surface area contributed by atoms with E-state index in [1.807, 2.05) is 5.73 Å². The molecule has 0 aromatic heterocycles. The average molecular weight is 140 g/mol. The molecule has 0 heterocycles.